The predicted octanol–water partition coefficient (Wildman–Crippen LogP) is 4.57. The van der Waals surface area contributed by atoms with Crippen LogP contribution in [0, 0.1) is 6.92 Å². The van der Waals surface area contributed by atoms with Crippen molar-refractivity contribution in [3.05, 3.63) is 46.3 Å². The molecule has 1 aliphatic rings. The molecule has 1 N–H and O–H groups in total. The fourth-order valence-corrected chi connectivity index (χ4v) is 3.05. The van der Waals surface area contributed by atoms with Gasteiger partial charge >= 0.3 is 6.03 Å². The second-order valence-corrected chi connectivity index (χ2v) is 6.25. The summed E-state index contributed by atoms with van der Waals surface area (Å²) < 4.78 is 5.42. The molecular weight excluding hydrogens is 314 g/mol. The molecule has 3 rings (SSSR count). The number of rotatable bonds is 3. The van der Waals surface area contributed by atoms with Crippen molar-refractivity contribution >= 4 is 23.3 Å². The lowest BCUT2D eigenvalue weighted by molar-refractivity contribution is 0.195. The summed E-state index contributed by atoms with van der Waals surface area (Å²) in [5.41, 5.74) is 2.63. The first-order chi connectivity index (χ1) is 11.1. The summed E-state index contributed by atoms with van der Waals surface area (Å²) in [7, 11) is 0. The topological polar surface area (TPSA) is 58.4 Å². The van der Waals surface area contributed by atoms with Crippen LogP contribution in [0.1, 0.15) is 42.8 Å². The van der Waals surface area contributed by atoms with Crippen molar-refractivity contribution in [1.29, 1.82) is 0 Å². The highest BCUT2D eigenvalue weighted by molar-refractivity contribution is 6.31. The van der Waals surface area contributed by atoms with E-state index in [9.17, 15) is 4.79 Å². The Morgan fingerprint density at radius 2 is 2.30 bits per heavy atom. The summed E-state index contributed by atoms with van der Waals surface area (Å²) >= 11 is 6.02. The zero-order valence-corrected chi connectivity index (χ0v) is 14.1. The third-order valence-electron chi connectivity index (χ3n) is 4.22. The van der Waals surface area contributed by atoms with Crippen LogP contribution in [0.15, 0.2) is 28.8 Å². The molecule has 2 amide bonds. The van der Waals surface area contributed by atoms with Crippen LogP contribution in [-0.4, -0.2) is 22.6 Å². The van der Waals surface area contributed by atoms with Crippen LogP contribution in [0.4, 0.5) is 10.5 Å². The highest BCUT2D eigenvalue weighted by atomic mass is 35.5. The van der Waals surface area contributed by atoms with E-state index >= 15 is 0 Å². The number of halogens is 1. The van der Waals surface area contributed by atoms with Gasteiger partial charge in [0.2, 0.25) is 0 Å². The van der Waals surface area contributed by atoms with Gasteiger partial charge in [-0.25, -0.2) is 4.79 Å². The molecule has 0 bridgehead atoms. The third kappa shape index (κ3) is 3.34. The number of anilines is 1. The third-order valence-corrected chi connectivity index (χ3v) is 4.46. The maximum atomic E-state index is 12.6. The molecule has 1 fully saturated rings. The van der Waals surface area contributed by atoms with Crippen LogP contribution in [0.25, 0.3) is 0 Å². The van der Waals surface area contributed by atoms with E-state index in [0.717, 1.165) is 42.0 Å². The zero-order valence-electron chi connectivity index (χ0n) is 13.3. The van der Waals surface area contributed by atoms with E-state index in [-0.39, 0.29) is 12.1 Å². The van der Waals surface area contributed by atoms with Crippen LogP contribution in [0.2, 0.25) is 5.02 Å². The van der Waals surface area contributed by atoms with Crippen molar-refractivity contribution in [3.63, 3.8) is 0 Å². The summed E-state index contributed by atoms with van der Waals surface area (Å²) in [4.78, 5) is 14.5. The quantitative estimate of drug-likeness (QED) is 0.895. The monoisotopic (exact) mass is 333 g/mol. The molecule has 1 aliphatic heterocycles. The largest absolute Gasteiger partial charge is 0.359 e. The summed E-state index contributed by atoms with van der Waals surface area (Å²) in [6.07, 6.45) is 2.67. The first kappa shape index (κ1) is 15.9. The molecule has 1 aromatic carbocycles. The van der Waals surface area contributed by atoms with E-state index in [2.05, 4.69) is 10.5 Å². The van der Waals surface area contributed by atoms with Crippen molar-refractivity contribution in [2.45, 2.75) is 39.2 Å². The minimum absolute atomic E-state index is 0.0534. The molecule has 5 nitrogen and oxygen atoms in total. The molecule has 1 aromatic heterocycles. The van der Waals surface area contributed by atoms with Gasteiger partial charge in [0.25, 0.3) is 0 Å². The second kappa shape index (κ2) is 6.62. The number of benzene rings is 1. The fourth-order valence-electron chi connectivity index (χ4n) is 2.87. The van der Waals surface area contributed by atoms with Crippen LogP contribution in [-0.2, 0) is 6.42 Å². The lowest BCUT2D eigenvalue weighted by atomic mass is 10.1. The Bertz CT molecular complexity index is 714. The van der Waals surface area contributed by atoms with Crippen molar-refractivity contribution in [2.24, 2.45) is 0 Å². The summed E-state index contributed by atoms with van der Waals surface area (Å²) in [6.45, 7) is 4.68. The molecule has 0 unspecified atom stereocenters. The van der Waals surface area contributed by atoms with Gasteiger partial charge < -0.3 is 14.7 Å². The van der Waals surface area contributed by atoms with Crippen molar-refractivity contribution in [2.75, 3.05) is 11.9 Å². The standard InChI is InChI=1S/C17H20ClN3O2/c1-3-13-10-16(23-20-13)15-5-4-8-21(15)17(22)19-14-9-12(18)7-6-11(14)2/h6-7,9-10,15H,3-5,8H2,1-2H3,(H,19,22)/t15-/m0/s1. The maximum Gasteiger partial charge on any atom is 0.322 e. The fraction of sp³-hybridized carbons (Fsp3) is 0.412. The Labute approximate surface area is 140 Å². The minimum Gasteiger partial charge on any atom is -0.359 e. The zero-order chi connectivity index (χ0) is 16.4. The molecular formula is C17H20ClN3O2. The lowest BCUT2D eigenvalue weighted by Gasteiger charge is -2.23. The summed E-state index contributed by atoms with van der Waals surface area (Å²) in [5, 5.41) is 7.59. The number of hydrogen-bond acceptors (Lipinski definition) is 3. The number of urea groups is 1. The van der Waals surface area contributed by atoms with E-state index in [0.29, 0.717) is 11.6 Å². The molecule has 0 radical (unpaired) electrons. The lowest BCUT2D eigenvalue weighted by Crippen LogP contribution is -2.34. The van der Waals surface area contributed by atoms with Gasteiger partial charge in [-0.1, -0.05) is 29.7 Å². The Hall–Kier alpha value is -2.01. The van der Waals surface area contributed by atoms with Gasteiger partial charge in [0.15, 0.2) is 5.76 Å². The van der Waals surface area contributed by atoms with E-state index < -0.39 is 0 Å². The molecule has 2 aromatic rings. The number of hydrogen-bond donors (Lipinski definition) is 1. The predicted molar refractivity (Wildman–Crippen MR) is 89.8 cm³/mol. The van der Waals surface area contributed by atoms with Gasteiger partial charge in [0, 0.05) is 23.3 Å². The number of likely N-dealkylation sites (tertiary alicyclic amines) is 1. The second-order valence-electron chi connectivity index (χ2n) is 5.81. The number of amides is 2. The molecule has 1 saturated heterocycles. The number of carbonyl (C=O) groups excluding carboxylic acids is 1. The molecule has 0 spiro atoms. The number of nitrogens with zero attached hydrogens (tertiary/aromatic N) is 2. The van der Waals surface area contributed by atoms with Gasteiger partial charge in [-0.2, -0.15) is 0 Å². The molecule has 2 heterocycles. The van der Waals surface area contributed by atoms with Crippen LogP contribution in [0.3, 0.4) is 0 Å². The smallest absolute Gasteiger partial charge is 0.322 e. The number of carbonyl (C=O) groups is 1. The molecule has 0 aliphatic carbocycles. The first-order valence-corrected chi connectivity index (χ1v) is 8.25. The van der Waals surface area contributed by atoms with Gasteiger partial charge in [0.05, 0.1) is 11.7 Å². The van der Waals surface area contributed by atoms with E-state index in [1.807, 2.05) is 32.0 Å². The van der Waals surface area contributed by atoms with Crippen LogP contribution >= 0.6 is 11.6 Å². The normalized spacial score (nSPS) is 17.5. The molecule has 23 heavy (non-hydrogen) atoms. The average molecular weight is 334 g/mol. The number of aryl methyl sites for hydroxylation is 2. The first-order valence-electron chi connectivity index (χ1n) is 7.87. The molecule has 122 valence electrons. The summed E-state index contributed by atoms with van der Waals surface area (Å²) in [6, 6.07) is 7.23. The average Bonchev–Trinajstić information content (AvgIpc) is 3.18. The van der Waals surface area contributed by atoms with Crippen LogP contribution in [0.5, 0.6) is 0 Å². The Kier molecular flexibility index (Phi) is 4.57. The Morgan fingerprint density at radius 1 is 1.48 bits per heavy atom. The van der Waals surface area contributed by atoms with E-state index in [1.54, 1.807) is 11.0 Å². The number of nitrogens with one attached hydrogen (secondary N) is 1. The molecule has 0 saturated carbocycles. The van der Waals surface area contributed by atoms with Gasteiger partial charge in [-0.05, 0) is 43.9 Å². The summed E-state index contributed by atoms with van der Waals surface area (Å²) in [5.74, 6) is 0.761. The van der Waals surface area contributed by atoms with Crippen molar-refractivity contribution in [1.82, 2.24) is 10.1 Å². The number of aromatic nitrogens is 1. The van der Waals surface area contributed by atoms with Crippen LogP contribution < -0.4 is 5.32 Å². The van der Waals surface area contributed by atoms with Gasteiger partial charge in [-0.3, -0.25) is 0 Å². The Balaban J connectivity index is 1.76. The van der Waals surface area contributed by atoms with E-state index in [4.69, 9.17) is 16.1 Å². The van der Waals surface area contributed by atoms with Gasteiger partial charge in [-0.15, -0.1) is 0 Å². The van der Waals surface area contributed by atoms with Crippen molar-refractivity contribution < 1.29 is 9.32 Å². The SMILES string of the molecule is CCc1cc([C@@H]2CCCN2C(=O)Nc2cc(Cl)ccc2C)on1. The van der Waals surface area contributed by atoms with Crippen molar-refractivity contribution in [3.8, 4) is 0 Å². The highest BCUT2D eigenvalue weighted by Gasteiger charge is 2.33. The Morgan fingerprint density at radius 3 is 3.04 bits per heavy atom. The highest BCUT2D eigenvalue weighted by Crippen LogP contribution is 2.33. The maximum absolute atomic E-state index is 12.6. The molecule has 6 heteroatoms. The van der Waals surface area contributed by atoms with Gasteiger partial charge in [0.1, 0.15) is 0 Å². The van der Waals surface area contributed by atoms with E-state index in [1.165, 1.54) is 0 Å². The minimum atomic E-state index is -0.132. The molecule has 1 atom stereocenters.